The van der Waals surface area contributed by atoms with E-state index in [0.717, 1.165) is 16.7 Å². The molecule has 28 heavy (non-hydrogen) atoms. The van der Waals surface area contributed by atoms with Gasteiger partial charge in [-0.15, -0.1) is 0 Å². The van der Waals surface area contributed by atoms with E-state index in [1.807, 2.05) is 61.6 Å². The number of hydrogen-bond acceptors (Lipinski definition) is 4. The Bertz CT molecular complexity index is 950. The molecule has 4 nitrogen and oxygen atoms in total. The highest BCUT2D eigenvalue weighted by atomic mass is 35.5. The highest BCUT2D eigenvalue weighted by molar-refractivity contribution is 7.97. The summed E-state index contributed by atoms with van der Waals surface area (Å²) in [6.07, 6.45) is 0. The van der Waals surface area contributed by atoms with Crippen molar-refractivity contribution in [2.24, 2.45) is 0 Å². The molecule has 0 aliphatic carbocycles. The molecule has 0 amide bonds. The summed E-state index contributed by atoms with van der Waals surface area (Å²) in [6, 6.07) is 23.4. The van der Waals surface area contributed by atoms with Crippen LogP contribution < -0.4 is 4.74 Å². The summed E-state index contributed by atoms with van der Waals surface area (Å²) >= 11 is 7.81. The van der Waals surface area contributed by atoms with Crippen LogP contribution in [0, 0.1) is 0 Å². The third-order valence-corrected chi connectivity index (χ3v) is 5.10. The number of ether oxygens (including phenoxy) is 1. The molecule has 3 rings (SSSR count). The van der Waals surface area contributed by atoms with E-state index in [0.29, 0.717) is 17.3 Å². The van der Waals surface area contributed by atoms with Crippen LogP contribution in [0.25, 0.3) is 11.1 Å². The molecule has 0 aromatic heterocycles. The summed E-state index contributed by atoms with van der Waals surface area (Å²) in [5, 5.41) is 9.55. The fraction of sp³-hybridized carbons (Fsp3) is 0.136. The first-order chi connectivity index (χ1) is 13.5. The lowest BCUT2D eigenvalue weighted by Gasteiger charge is -2.18. The van der Waals surface area contributed by atoms with Gasteiger partial charge < -0.3 is 9.84 Å². The van der Waals surface area contributed by atoms with Crippen molar-refractivity contribution in [1.82, 2.24) is 4.31 Å². The molecule has 144 valence electrons. The molecule has 0 fully saturated rings. The number of carbonyl (C=O) groups is 1. The molecule has 0 saturated carbocycles. The first-order valence-electron chi connectivity index (χ1n) is 8.69. The normalized spacial score (nSPS) is 10.8. The lowest BCUT2D eigenvalue weighted by molar-refractivity contribution is -0.139. The maximum absolute atomic E-state index is 10.9. The van der Waals surface area contributed by atoms with E-state index in [1.165, 1.54) is 4.90 Å². The van der Waals surface area contributed by atoms with Gasteiger partial charge in [0.25, 0.3) is 0 Å². The van der Waals surface area contributed by atoms with Crippen LogP contribution in [0.1, 0.15) is 5.56 Å². The van der Waals surface area contributed by atoms with Gasteiger partial charge in [0.1, 0.15) is 5.75 Å². The minimum absolute atomic E-state index is 0.392. The van der Waals surface area contributed by atoms with Gasteiger partial charge in [0.2, 0.25) is 0 Å². The van der Waals surface area contributed by atoms with Gasteiger partial charge in [-0.2, -0.15) is 0 Å². The fourth-order valence-electron chi connectivity index (χ4n) is 2.77. The van der Waals surface area contributed by atoms with E-state index in [4.69, 9.17) is 21.4 Å². The summed E-state index contributed by atoms with van der Waals surface area (Å²) in [6.45, 7) is 0.322. The second-order valence-corrected chi connectivity index (χ2v) is 7.93. The minimum Gasteiger partial charge on any atom is -0.481 e. The number of carboxylic acid groups (broad SMARTS) is 1. The second-order valence-electron chi connectivity index (χ2n) is 6.21. The van der Waals surface area contributed by atoms with Gasteiger partial charge in [-0.05, 0) is 66.5 Å². The molecule has 3 aromatic rings. The molecule has 0 aliphatic heterocycles. The Labute approximate surface area is 173 Å². The number of nitrogens with zero attached hydrogens (tertiary/aromatic N) is 1. The van der Waals surface area contributed by atoms with E-state index in [1.54, 1.807) is 18.0 Å². The lowest BCUT2D eigenvalue weighted by atomic mass is 10.0. The third-order valence-electron chi connectivity index (χ3n) is 3.94. The molecule has 0 bridgehead atoms. The van der Waals surface area contributed by atoms with Crippen LogP contribution in [0.5, 0.6) is 5.75 Å². The van der Waals surface area contributed by atoms with Crippen LogP contribution >= 0.6 is 23.5 Å². The molecular formula is C22H20ClNO3S. The number of aliphatic carboxylic acids is 1. The summed E-state index contributed by atoms with van der Waals surface area (Å²) in [7, 11) is 2.03. The van der Waals surface area contributed by atoms with Crippen LogP contribution in [0.15, 0.2) is 77.7 Å². The van der Waals surface area contributed by atoms with E-state index >= 15 is 0 Å². The van der Waals surface area contributed by atoms with E-state index < -0.39 is 12.6 Å². The lowest BCUT2D eigenvalue weighted by Crippen LogP contribution is -2.11. The van der Waals surface area contributed by atoms with Gasteiger partial charge >= 0.3 is 5.97 Å². The Balaban J connectivity index is 1.84. The topological polar surface area (TPSA) is 49.8 Å². The van der Waals surface area contributed by atoms with Gasteiger partial charge in [-0.3, -0.25) is 0 Å². The molecular weight excluding hydrogens is 394 g/mol. The van der Waals surface area contributed by atoms with Crippen LogP contribution in [-0.2, 0) is 11.3 Å². The standard InChI is InChI=1S/C22H20ClNO3S/c1-24(28-19-8-3-2-4-9-19)14-16-10-11-21(27-15-22(25)26)20(12-16)17-6-5-7-18(23)13-17/h2-13H,14-15H2,1H3,(H,25,26). The zero-order chi connectivity index (χ0) is 19.9. The largest absolute Gasteiger partial charge is 0.481 e. The van der Waals surface area contributed by atoms with Crippen LogP contribution in [-0.4, -0.2) is 29.0 Å². The van der Waals surface area contributed by atoms with Crippen molar-refractivity contribution in [2.75, 3.05) is 13.7 Å². The van der Waals surface area contributed by atoms with Crippen molar-refractivity contribution in [3.63, 3.8) is 0 Å². The number of carboxylic acids is 1. The van der Waals surface area contributed by atoms with Crippen molar-refractivity contribution >= 4 is 29.5 Å². The highest BCUT2D eigenvalue weighted by Crippen LogP contribution is 2.33. The molecule has 0 heterocycles. The second kappa shape index (κ2) is 9.64. The van der Waals surface area contributed by atoms with E-state index in [9.17, 15) is 4.79 Å². The molecule has 0 spiro atoms. The van der Waals surface area contributed by atoms with Gasteiger partial charge in [-0.25, -0.2) is 9.10 Å². The number of benzene rings is 3. The van der Waals surface area contributed by atoms with Crippen molar-refractivity contribution in [3.8, 4) is 16.9 Å². The molecule has 0 atom stereocenters. The summed E-state index contributed by atoms with van der Waals surface area (Å²) in [5.74, 6) is -0.494. The van der Waals surface area contributed by atoms with Gasteiger partial charge in [0.05, 0.1) is 0 Å². The quantitative estimate of drug-likeness (QED) is 0.486. The summed E-state index contributed by atoms with van der Waals surface area (Å²) in [5.41, 5.74) is 2.79. The Morgan fingerprint density at radius 1 is 1.07 bits per heavy atom. The average molecular weight is 414 g/mol. The van der Waals surface area contributed by atoms with E-state index in [-0.39, 0.29) is 0 Å². The van der Waals surface area contributed by atoms with Gasteiger partial charge in [-0.1, -0.05) is 48.0 Å². The molecule has 1 N–H and O–H groups in total. The SMILES string of the molecule is CN(Cc1ccc(OCC(=O)O)c(-c2cccc(Cl)c2)c1)Sc1ccccc1. The molecule has 0 aliphatic rings. The maximum atomic E-state index is 10.9. The Morgan fingerprint density at radius 2 is 1.86 bits per heavy atom. The Hall–Kier alpha value is -2.47. The first kappa shape index (κ1) is 20.3. The van der Waals surface area contributed by atoms with Crippen molar-refractivity contribution in [3.05, 3.63) is 83.4 Å². The van der Waals surface area contributed by atoms with Crippen LogP contribution in [0.3, 0.4) is 0 Å². The molecule has 0 saturated heterocycles. The average Bonchev–Trinajstić information content (AvgIpc) is 2.67. The highest BCUT2D eigenvalue weighted by Gasteiger charge is 2.12. The Morgan fingerprint density at radius 3 is 2.57 bits per heavy atom. The van der Waals surface area contributed by atoms with E-state index in [2.05, 4.69) is 16.4 Å². The number of rotatable bonds is 8. The van der Waals surface area contributed by atoms with Crippen molar-refractivity contribution in [1.29, 1.82) is 0 Å². The molecule has 0 unspecified atom stereocenters. The first-order valence-corrected chi connectivity index (χ1v) is 9.84. The smallest absolute Gasteiger partial charge is 0.341 e. The molecule has 3 aromatic carbocycles. The van der Waals surface area contributed by atoms with Gasteiger partial charge in [0, 0.05) is 22.0 Å². The summed E-state index contributed by atoms with van der Waals surface area (Å²) in [4.78, 5) is 12.1. The zero-order valence-corrected chi connectivity index (χ0v) is 16.9. The minimum atomic E-state index is -1.01. The van der Waals surface area contributed by atoms with Crippen LogP contribution in [0.2, 0.25) is 5.02 Å². The molecule has 0 radical (unpaired) electrons. The maximum Gasteiger partial charge on any atom is 0.341 e. The number of hydrogen-bond donors (Lipinski definition) is 1. The zero-order valence-electron chi connectivity index (χ0n) is 15.3. The predicted octanol–water partition coefficient (Wildman–Crippen LogP) is 5.61. The van der Waals surface area contributed by atoms with Crippen molar-refractivity contribution in [2.45, 2.75) is 11.4 Å². The van der Waals surface area contributed by atoms with Crippen molar-refractivity contribution < 1.29 is 14.6 Å². The summed E-state index contributed by atoms with van der Waals surface area (Å²) < 4.78 is 7.63. The fourth-order valence-corrected chi connectivity index (χ4v) is 3.82. The third kappa shape index (κ3) is 5.76. The van der Waals surface area contributed by atoms with Gasteiger partial charge in [0.15, 0.2) is 6.61 Å². The monoisotopic (exact) mass is 413 g/mol. The Kier molecular flexibility index (Phi) is 6.98. The van der Waals surface area contributed by atoms with Crippen LogP contribution in [0.4, 0.5) is 0 Å². The predicted molar refractivity (Wildman–Crippen MR) is 114 cm³/mol. The molecule has 6 heteroatoms. The number of halogens is 1.